The van der Waals surface area contributed by atoms with E-state index in [9.17, 15) is 8.42 Å². The highest BCUT2D eigenvalue weighted by Gasteiger charge is 2.50. The van der Waals surface area contributed by atoms with Gasteiger partial charge < -0.3 is 5.32 Å². The van der Waals surface area contributed by atoms with Gasteiger partial charge in [-0.15, -0.1) is 0 Å². The Bertz CT molecular complexity index is 333. The molecule has 1 saturated heterocycles. The molecular weight excluding hydrogens is 226 g/mol. The summed E-state index contributed by atoms with van der Waals surface area (Å²) in [6.45, 7) is 3.37. The largest absolute Gasteiger partial charge is 0.315 e. The third-order valence-electron chi connectivity index (χ3n) is 3.97. The summed E-state index contributed by atoms with van der Waals surface area (Å²) in [5.74, 6) is 0. The Morgan fingerprint density at radius 3 is 2.62 bits per heavy atom. The third kappa shape index (κ3) is 2.13. The fraction of sp³-hybridized carbons (Fsp3) is 1.00. The molecule has 2 fully saturated rings. The molecule has 0 aromatic heterocycles. The molecule has 1 aliphatic carbocycles. The summed E-state index contributed by atoms with van der Waals surface area (Å²) in [5, 5.41) is 2.91. The second-order valence-corrected chi connectivity index (χ2v) is 6.73. The molecule has 4 nitrogen and oxygen atoms in total. The van der Waals surface area contributed by atoms with Crippen molar-refractivity contribution >= 4 is 10.1 Å². The van der Waals surface area contributed by atoms with Crippen molar-refractivity contribution in [3.8, 4) is 0 Å². The van der Waals surface area contributed by atoms with Gasteiger partial charge in [-0.1, -0.05) is 19.3 Å². The molecule has 1 saturated carbocycles. The van der Waals surface area contributed by atoms with Crippen LogP contribution in [0.25, 0.3) is 0 Å². The Labute approximate surface area is 97.9 Å². The van der Waals surface area contributed by atoms with Gasteiger partial charge in [0.15, 0.2) is 0 Å². The Kier molecular flexibility index (Phi) is 3.56. The van der Waals surface area contributed by atoms with Gasteiger partial charge in [-0.3, -0.25) is 4.18 Å². The molecule has 5 heteroatoms. The van der Waals surface area contributed by atoms with E-state index in [0.717, 1.165) is 32.2 Å². The molecule has 0 amide bonds. The van der Waals surface area contributed by atoms with E-state index in [2.05, 4.69) is 5.32 Å². The first kappa shape index (κ1) is 12.3. The van der Waals surface area contributed by atoms with Gasteiger partial charge in [0.05, 0.1) is 6.61 Å². The van der Waals surface area contributed by atoms with Crippen LogP contribution in [-0.2, 0) is 14.3 Å². The molecule has 1 unspecified atom stereocenters. The Morgan fingerprint density at radius 2 is 2.00 bits per heavy atom. The zero-order valence-corrected chi connectivity index (χ0v) is 10.7. The molecule has 0 aromatic carbocycles. The molecule has 0 aromatic rings. The first-order chi connectivity index (χ1) is 7.61. The highest BCUT2D eigenvalue weighted by molar-refractivity contribution is 7.87. The molecule has 1 aliphatic heterocycles. The van der Waals surface area contributed by atoms with E-state index in [0.29, 0.717) is 6.54 Å². The molecule has 0 bridgehead atoms. The molecule has 1 spiro atoms. The van der Waals surface area contributed by atoms with Crippen LogP contribution >= 0.6 is 0 Å². The number of hydrogen-bond donors (Lipinski definition) is 1. The van der Waals surface area contributed by atoms with Gasteiger partial charge in [0.2, 0.25) is 0 Å². The lowest BCUT2D eigenvalue weighted by Gasteiger charge is -2.37. The van der Waals surface area contributed by atoms with E-state index in [4.69, 9.17) is 4.18 Å². The van der Waals surface area contributed by atoms with Gasteiger partial charge in [-0.2, -0.15) is 8.42 Å². The van der Waals surface area contributed by atoms with Crippen LogP contribution < -0.4 is 5.32 Å². The minimum absolute atomic E-state index is 0.0494. The fourth-order valence-corrected chi connectivity index (χ4v) is 4.94. The number of nitrogens with one attached hydrogen (secondary N) is 1. The topological polar surface area (TPSA) is 55.4 Å². The van der Waals surface area contributed by atoms with Crippen LogP contribution in [0.3, 0.4) is 0 Å². The summed E-state index contributed by atoms with van der Waals surface area (Å²) in [6.07, 6.45) is 5.59. The van der Waals surface area contributed by atoms with Gasteiger partial charge in [0, 0.05) is 18.5 Å². The van der Waals surface area contributed by atoms with Gasteiger partial charge in [-0.25, -0.2) is 0 Å². The fourth-order valence-electron chi connectivity index (χ4n) is 3.19. The third-order valence-corrected chi connectivity index (χ3v) is 5.90. The van der Waals surface area contributed by atoms with E-state index < -0.39 is 10.1 Å². The minimum Gasteiger partial charge on any atom is -0.315 e. The van der Waals surface area contributed by atoms with Crippen molar-refractivity contribution in [1.82, 2.24) is 5.32 Å². The van der Waals surface area contributed by atoms with Gasteiger partial charge in [0.1, 0.15) is 5.25 Å². The second kappa shape index (κ2) is 4.63. The lowest BCUT2D eigenvalue weighted by Crippen LogP contribution is -2.42. The Hall–Kier alpha value is -0.130. The van der Waals surface area contributed by atoms with Crippen molar-refractivity contribution in [2.75, 3.05) is 19.7 Å². The highest BCUT2D eigenvalue weighted by Crippen LogP contribution is 2.44. The van der Waals surface area contributed by atoms with Crippen molar-refractivity contribution in [2.24, 2.45) is 5.41 Å². The van der Waals surface area contributed by atoms with E-state index in [1.54, 1.807) is 6.92 Å². The molecule has 0 radical (unpaired) electrons. The molecule has 1 N–H and O–H groups in total. The maximum atomic E-state index is 12.0. The Balaban J connectivity index is 2.19. The first-order valence-electron chi connectivity index (χ1n) is 6.20. The summed E-state index contributed by atoms with van der Waals surface area (Å²) in [4.78, 5) is 0. The summed E-state index contributed by atoms with van der Waals surface area (Å²) in [6, 6.07) is 0. The zero-order valence-electron chi connectivity index (χ0n) is 9.87. The number of rotatable bonds is 3. The molecular formula is C11H21NO3S. The van der Waals surface area contributed by atoms with Crippen LogP contribution in [0.2, 0.25) is 0 Å². The smallest absolute Gasteiger partial charge is 0.272 e. The predicted molar refractivity (Wildman–Crippen MR) is 62.7 cm³/mol. The second-order valence-electron chi connectivity index (χ2n) is 4.94. The first-order valence-corrected chi connectivity index (χ1v) is 7.67. The minimum atomic E-state index is -3.38. The maximum absolute atomic E-state index is 12.0. The molecule has 2 rings (SSSR count). The van der Waals surface area contributed by atoms with Crippen LogP contribution in [0.5, 0.6) is 0 Å². The Morgan fingerprint density at radius 1 is 1.31 bits per heavy atom. The van der Waals surface area contributed by atoms with E-state index >= 15 is 0 Å². The normalized spacial score (nSPS) is 29.7. The molecule has 1 heterocycles. The van der Waals surface area contributed by atoms with Crippen LogP contribution in [0.4, 0.5) is 0 Å². The monoisotopic (exact) mass is 247 g/mol. The molecule has 16 heavy (non-hydrogen) atoms. The van der Waals surface area contributed by atoms with Crippen molar-refractivity contribution < 1.29 is 12.6 Å². The van der Waals surface area contributed by atoms with E-state index in [1.807, 2.05) is 0 Å². The quantitative estimate of drug-likeness (QED) is 0.763. The predicted octanol–water partition coefficient (Wildman–Crippen LogP) is 1.27. The summed E-state index contributed by atoms with van der Waals surface area (Å²) in [7, 11) is -3.38. The van der Waals surface area contributed by atoms with Crippen molar-refractivity contribution in [2.45, 2.75) is 44.3 Å². The lowest BCUT2D eigenvalue weighted by atomic mass is 9.73. The van der Waals surface area contributed by atoms with Gasteiger partial charge in [-0.05, 0) is 19.8 Å². The zero-order chi connectivity index (χ0) is 11.6. The molecule has 1 atom stereocenters. The van der Waals surface area contributed by atoms with Gasteiger partial charge >= 0.3 is 0 Å². The molecule has 2 aliphatic rings. The van der Waals surface area contributed by atoms with Crippen LogP contribution in [0.15, 0.2) is 0 Å². The van der Waals surface area contributed by atoms with Crippen LogP contribution in [0, 0.1) is 5.41 Å². The van der Waals surface area contributed by atoms with E-state index in [-0.39, 0.29) is 17.3 Å². The lowest BCUT2D eigenvalue weighted by molar-refractivity contribution is 0.206. The maximum Gasteiger partial charge on any atom is 0.272 e. The van der Waals surface area contributed by atoms with E-state index in [1.165, 1.54) is 6.42 Å². The summed E-state index contributed by atoms with van der Waals surface area (Å²) >= 11 is 0. The summed E-state index contributed by atoms with van der Waals surface area (Å²) < 4.78 is 29.1. The standard InChI is InChI=1S/C11H21NO3S/c1-2-15-16(13,14)10-8-12-9-11(10)6-4-3-5-7-11/h10,12H,2-9H2,1H3. The SMILES string of the molecule is CCOS(=O)(=O)C1CNCC12CCCCC2. The summed E-state index contributed by atoms with van der Waals surface area (Å²) in [5.41, 5.74) is -0.0494. The average Bonchev–Trinajstić information content (AvgIpc) is 2.63. The van der Waals surface area contributed by atoms with Crippen molar-refractivity contribution in [3.05, 3.63) is 0 Å². The van der Waals surface area contributed by atoms with Crippen molar-refractivity contribution in [1.29, 1.82) is 0 Å². The molecule has 94 valence electrons. The van der Waals surface area contributed by atoms with Crippen LogP contribution in [0.1, 0.15) is 39.0 Å². The van der Waals surface area contributed by atoms with Gasteiger partial charge in [0.25, 0.3) is 10.1 Å². The average molecular weight is 247 g/mol. The highest BCUT2D eigenvalue weighted by atomic mass is 32.2. The van der Waals surface area contributed by atoms with Crippen molar-refractivity contribution in [3.63, 3.8) is 0 Å². The number of hydrogen-bond acceptors (Lipinski definition) is 4. The van der Waals surface area contributed by atoms with Crippen LogP contribution in [-0.4, -0.2) is 33.4 Å².